The van der Waals surface area contributed by atoms with Gasteiger partial charge < -0.3 is 5.11 Å². The summed E-state index contributed by atoms with van der Waals surface area (Å²) in [4.78, 5) is 14.7. The molecular weight excluding hydrogens is 142 g/mol. The third-order valence-electron chi connectivity index (χ3n) is 1.81. The lowest BCUT2D eigenvalue weighted by Gasteiger charge is -1.93. The van der Waals surface area contributed by atoms with E-state index >= 15 is 0 Å². The number of carboxylic acids is 1. The van der Waals surface area contributed by atoms with Gasteiger partial charge in [-0.3, -0.25) is 4.99 Å². The van der Waals surface area contributed by atoms with Gasteiger partial charge in [0.2, 0.25) is 0 Å². The maximum atomic E-state index is 10.5. The monoisotopic (exact) mass is 153 g/mol. The van der Waals surface area contributed by atoms with Crippen molar-refractivity contribution < 1.29 is 9.90 Å². The molecule has 1 N–H and O–H groups in total. The Hall–Kier alpha value is -1.12. The first-order valence-electron chi connectivity index (χ1n) is 3.64. The summed E-state index contributed by atoms with van der Waals surface area (Å²) in [5.41, 5.74) is 2.08. The predicted octanol–water partition coefficient (Wildman–Crippen LogP) is 1.60. The highest BCUT2D eigenvalue weighted by Crippen LogP contribution is 2.20. The Morgan fingerprint density at radius 3 is 2.64 bits per heavy atom. The minimum atomic E-state index is -0.838. The summed E-state index contributed by atoms with van der Waals surface area (Å²) >= 11 is 0. The molecule has 11 heavy (non-hydrogen) atoms. The zero-order valence-electron chi connectivity index (χ0n) is 6.72. The molecule has 3 heteroatoms. The minimum Gasteiger partial charge on any atom is -0.478 e. The van der Waals surface area contributed by atoms with Gasteiger partial charge in [0.15, 0.2) is 0 Å². The van der Waals surface area contributed by atoms with Crippen molar-refractivity contribution in [1.82, 2.24) is 0 Å². The quantitative estimate of drug-likeness (QED) is 0.655. The van der Waals surface area contributed by atoms with Crippen molar-refractivity contribution in [2.75, 3.05) is 0 Å². The van der Waals surface area contributed by atoms with Crippen LogP contribution in [0.25, 0.3) is 0 Å². The molecule has 0 aromatic heterocycles. The van der Waals surface area contributed by atoms with Crippen LogP contribution in [0.2, 0.25) is 0 Å². The fourth-order valence-corrected chi connectivity index (χ4v) is 1.11. The van der Waals surface area contributed by atoms with E-state index in [2.05, 4.69) is 4.99 Å². The molecule has 60 valence electrons. The Morgan fingerprint density at radius 1 is 1.73 bits per heavy atom. The van der Waals surface area contributed by atoms with Crippen LogP contribution in [0.4, 0.5) is 0 Å². The zero-order valence-corrected chi connectivity index (χ0v) is 6.72. The first kappa shape index (κ1) is 7.98. The summed E-state index contributed by atoms with van der Waals surface area (Å²) in [6, 6.07) is 0. The topological polar surface area (TPSA) is 49.7 Å². The number of nitrogens with zero attached hydrogens (tertiary/aromatic N) is 1. The fraction of sp³-hybridized carbons (Fsp3) is 0.500. The van der Waals surface area contributed by atoms with Gasteiger partial charge in [-0.25, -0.2) is 4.79 Å². The molecule has 0 aromatic carbocycles. The molecular formula is C8H11NO2. The van der Waals surface area contributed by atoms with Crippen LogP contribution < -0.4 is 0 Å². The van der Waals surface area contributed by atoms with Crippen LogP contribution >= 0.6 is 0 Å². The van der Waals surface area contributed by atoms with Gasteiger partial charge in [-0.15, -0.1) is 0 Å². The van der Waals surface area contributed by atoms with E-state index < -0.39 is 5.97 Å². The van der Waals surface area contributed by atoms with Gasteiger partial charge in [-0.2, -0.15) is 0 Å². The number of aliphatic carboxylic acids is 1. The largest absolute Gasteiger partial charge is 0.478 e. The maximum Gasteiger partial charge on any atom is 0.333 e. The van der Waals surface area contributed by atoms with Crippen LogP contribution in [-0.2, 0) is 4.79 Å². The van der Waals surface area contributed by atoms with Crippen molar-refractivity contribution in [3.63, 3.8) is 0 Å². The molecule has 0 radical (unpaired) electrons. The fourth-order valence-electron chi connectivity index (χ4n) is 1.11. The number of allylic oxidation sites excluding steroid dienone is 1. The van der Waals surface area contributed by atoms with E-state index in [-0.39, 0.29) is 0 Å². The average molecular weight is 153 g/mol. The lowest BCUT2D eigenvalue weighted by atomic mass is 10.1. The van der Waals surface area contributed by atoms with Crippen molar-refractivity contribution in [2.24, 2.45) is 4.99 Å². The van der Waals surface area contributed by atoms with Crippen LogP contribution in [-0.4, -0.2) is 16.8 Å². The molecule has 3 nitrogen and oxygen atoms in total. The Balaban J connectivity index is 2.78. The average Bonchev–Trinajstić information content (AvgIpc) is 2.30. The van der Waals surface area contributed by atoms with Crippen LogP contribution in [0, 0.1) is 0 Å². The Bertz CT molecular complexity index is 251. The molecule has 0 aliphatic carbocycles. The summed E-state index contributed by atoms with van der Waals surface area (Å²) in [6.07, 6.45) is 1.37. The van der Waals surface area contributed by atoms with Crippen LogP contribution in [0.3, 0.4) is 0 Å². The van der Waals surface area contributed by atoms with E-state index in [1.807, 2.05) is 6.92 Å². The van der Waals surface area contributed by atoms with Crippen LogP contribution in [0.1, 0.15) is 26.7 Å². The highest BCUT2D eigenvalue weighted by molar-refractivity contribution is 6.00. The van der Waals surface area contributed by atoms with Gasteiger partial charge in [0, 0.05) is 17.8 Å². The lowest BCUT2D eigenvalue weighted by molar-refractivity contribution is -0.132. The summed E-state index contributed by atoms with van der Waals surface area (Å²) in [7, 11) is 0. The van der Waals surface area contributed by atoms with Crippen LogP contribution in [0.5, 0.6) is 0 Å². The molecule has 0 aromatic rings. The van der Waals surface area contributed by atoms with E-state index in [0.29, 0.717) is 17.7 Å². The number of hydrogen-bond donors (Lipinski definition) is 1. The van der Waals surface area contributed by atoms with E-state index in [9.17, 15) is 4.79 Å². The summed E-state index contributed by atoms with van der Waals surface area (Å²) in [5, 5.41) is 8.67. The molecule has 1 heterocycles. The van der Waals surface area contributed by atoms with Crippen LogP contribution in [0.15, 0.2) is 16.3 Å². The van der Waals surface area contributed by atoms with Gasteiger partial charge in [0.25, 0.3) is 0 Å². The van der Waals surface area contributed by atoms with Crippen molar-refractivity contribution >= 4 is 11.7 Å². The molecule has 1 aliphatic rings. The predicted molar refractivity (Wildman–Crippen MR) is 42.7 cm³/mol. The molecule has 0 unspecified atom stereocenters. The van der Waals surface area contributed by atoms with Gasteiger partial charge in [0.1, 0.15) is 0 Å². The SMILES string of the molecule is CCC1=NC(C)=C(C(=O)O)C1. The molecule has 0 saturated carbocycles. The first-order chi connectivity index (χ1) is 5.15. The Labute approximate surface area is 65.4 Å². The third-order valence-corrected chi connectivity index (χ3v) is 1.81. The molecule has 0 spiro atoms. The van der Waals surface area contributed by atoms with Gasteiger partial charge in [-0.1, -0.05) is 6.92 Å². The highest BCUT2D eigenvalue weighted by atomic mass is 16.4. The first-order valence-corrected chi connectivity index (χ1v) is 3.64. The normalized spacial score (nSPS) is 17.1. The molecule has 1 aliphatic heterocycles. The number of carboxylic acid groups (broad SMARTS) is 1. The van der Waals surface area contributed by atoms with E-state index in [1.54, 1.807) is 6.92 Å². The van der Waals surface area contributed by atoms with E-state index in [4.69, 9.17) is 5.11 Å². The number of rotatable bonds is 2. The molecule has 0 bridgehead atoms. The Morgan fingerprint density at radius 2 is 2.36 bits per heavy atom. The molecule has 0 atom stereocenters. The number of aliphatic imine (C=N–C) groups is 1. The number of hydrogen-bond acceptors (Lipinski definition) is 2. The van der Waals surface area contributed by atoms with Gasteiger partial charge in [0.05, 0.1) is 5.57 Å². The highest BCUT2D eigenvalue weighted by Gasteiger charge is 2.18. The second-order valence-electron chi connectivity index (χ2n) is 2.58. The van der Waals surface area contributed by atoms with Crippen molar-refractivity contribution in [1.29, 1.82) is 0 Å². The summed E-state index contributed by atoms with van der Waals surface area (Å²) < 4.78 is 0. The second kappa shape index (κ2) is 2.86. The van der Waals surface area contributed by atoms with Crippen molar-refractivity contribution in [3.8, 4) is 0 Å². The standard InChI is InChI=1S/C8H11NO2/c1-3-6-4-7(8(10)11)5(2)9-6/h3-4H2,1-2H3,(H,10,11). The van der Waals surface area contributed by atoms with Gasteiger partial charge in [-0.05, 0) is 13.3 Å². The summed E-state index contributed by atoms with van der Waals surface area (Å²) in [6.45, 7) is 3.73. The number of carbonyl (C=O) groups is 1. The Kier molecular flexibility index (Phi) is 2.08. The molecule has 0 amide bonds. The second-order valence-corrected chi connectivity index (χ2v) is 2.58. The maximum absolute atomic E-state index is 10.5. The molecule has 0 fully saturated rings. The van der Waals surface area contributed by atoms with E-state index in [0.717, 1.165) is 12.1 Å². The zero-order chi connectivity index (χ0) is 8.43. The smallest absolute Gasteiger partial charge is 0.333 e. The minimum absolute atomic E-state index is 0.446. The third kappa shape index (κ3) is 1.48. The molecule has 1 rings (SSSR count). The molecule has 0 saturated heterocycles. The van der Waals surface area contributed by atoms with Gasteiger partial charge >= 0.3 is 5.97 Å². The van der Waals surface area contributed by atoms with Crippen molar-refractivity contribution in [2.45, 2.75) is 26.7 Å². The van der Waals surface area contributed by atoms with E-state index in [1.165, 1.54) is 0 Å². The lowest BCUT2D eigenvalue weighted by Crippen LogP contribution is -2.02. The van der Waals surface area contributed by atoms with Crippen molar-refractivity contribution in [3.05, 3.63) is 11.3 Å². The summed E-state index contributed by atoms with van der Waals surface area (Å²) in [5.74, 6) is -0.838.